The van der Waals surface area contributed by atoms with Gasteiger partial charge in [-0.05, 0) is 30.5 Å². The fraction of sp³-hybridized carbons (Fsp3) is 0.263. The molecular formula is C19H17FN4O2. The molecule has 1 atom stereocenters. The third-order valence-corrected chi connectivity index (χ3v) is 4.45. The lowest BCUT2D eigenvalue weighted by Crippen LogP contribution is -2.30. The molecule has 0 aliphatic carbocycles. The van der Waals surface area contributed by atoms with Crippen LogP contribution in [0.15, 0.2) is 53.6 Å². The molecule has 1 aliphatic rings. The Morgan fingerprint density at radius 1 is 1.27 bits per heavy atom. The first-order valence-electron chi connectivity index (χ1n) is 8.46. The largest absolute Gasteiger partial charge is 0.443 e. The molecule has 0 spiro atoms. The van der Waals surface area contributed by atoms with E-state index in [1.54, 1.807) is 17.2 Å². The number of nitrogens with zero attached hydrogens (tertiary/aromatic N) is 4. The van der Waals surface area contributed by atoms with Crippen molar-refractivity contribution in [1.82, 2.24) is 19.9 Å². The lowest BCUT2D eigenvalue weighted by atomic mass is 10.1. The average Bonchev–Trinajstić information content (AvgIpc) is 3.31. The molecule has 1 aromatic carbocycles. The van der Waals surface area contributed by atoms with Gasteiger partial charge in [-0.3, -0.25) is 4.79 Å². The molecule has 2 aromatic heterocycles. The van der Waals surface area contributed by atoms with E-state index < -0.39 is 0 Å². The van der Waals surface area contributed by atoms with Crippen LogP contribution in [0.1, 0.15) is 46.5 Å². The van der Waals surface area contributed by atoms with Crippen LogP contribution in [0.5, 0.6) is 0 Å². The van der Waals surface area contributed by atoms with Gasteiger partial charge in [0.05, 0.1) is 11.8 Å². The van der Waals surface area contributed by atoms with Crippen molar-refractivity contribution in [3.63, 3.8) is 0 Å². The molecule has 0 saturated carbocycles. The third kappa shape index (κ3) is 3.33. The van der Waals surface area contributed by atoms with Crippen LogP contribution in [0.2, 0.25) is 0 Å². The molecule has 132 valence electrons. The predicted octanol–water partition coefficient (Wildman–Crippen LogP) is 3.17. The summed E-state index contributed by atoms with van der Waals surface area (Å²) < 4.78 is 19.2. The minimum Gasteiger partial charge on any atom is -0.443 e. The van der Waals surface area contributed by atoms with E-state index in [0.717, 1.165) is 18.4 Å². The highest BCUT2D eigenvalue weighted by molar-refractivity contribution is 5.94. The monoisotopic (exact) mass is 352 g/mol. The van der Waals surface area contributed by atoms with Crippen molar-refractivity contribution in [3.05, 3.63) is 77.8 Å². The summed E-state index contributed by atoms with van der Waals surface area (Å²) in [5.41, 5.74) is 1.26. The maximum atomic E-state index is 13.3. The number of hydrogen-bond acceptors (Lipinski definition) is 5. The second-order valence-electron chi connectivity index (χ2n) is 6.26. The fourth-order valence-electron chi connectivity index (χ4n) is 3.25. The number of likely N-dealkylation sites (tertiary alicyclic amines) is 1. The van der Waals surface area contributed by atoms with Gasteiger partial charge in [0.25, 0.3) is 5.91 Å². The van der Waals surface area contributed by atoms with Crippen molar-refractivity contribution in [2.75, 3.05) is 6.54 Å². The van der Waals surface area contributed by atoms with Crippen LogP contribution in [0, 0.1) is 5.82 Å². The van der Waals surface area contributed by atoms with Gasteiger partial charge in [-0.1, -0.05) is 12.1 Å². The van der Waals surface area contributed by atoms with Crippen molar-refractivity contribution in [2.45, 2.75) is 25.3 Å². The van der Waals surface area contributed by atoms with Gasteiger partial charge in [0.2, 0.25) is 5.89 Å². The van der Waals surface area contributed by atoms with E-state index in [4.69, 9.17) is 4.42 Å². The van der Waals surface area contributed by atoms with Gasteiger partial charge >= 0.3 is 0 Å². The summed E-state index contributed by atoms with van der Waals surface area (Å²) >= 11 is 0. The number of halogens is 1. The van der Waals surface area contributed by atoms with Crippen LogP contribution in [0.3, 0.4) is 0 Å². The Kier molecular flexibility index (Phi) is 4.43. The fourth-order valence-corrected chi connectivity index (χ4v) is 3.25. The molecule has 4 rings (SSSR count). The molecule has 1 saturated heterocycles. The smallest absolute Gasteiger partial charge is 0.257 e. The second kappa shape index (κ2) is 7.03. The SMILES string of the molecule is O=C(c1cncnc1)N1CCCC1c1ncc(Cc2cccc(F)c2)o1. The summed E-state index contributed by atoms with van der Waals surface area (Å²) in [5.74, 6) is 0.755. The molecule has 1 aliphatic heterocycles. The maximum absolute atomic E-state index is 13.3. The Labute approximate surface area is 149 Å². The Bertz CT molecular complexity index is 913. The standard InChI is InChI=1S/C19H17FN4O2/c20-15-4-1-3-13(7-15)8-16-11-23-18(26-16)17-5-2-6-24(17)19(25)14-9-21-12-22-10-14/h1,3-4,7,9-12,17H,2,5-6,8H2. The zero-order valence-electron chi connectivity index (χ0n) is 14.0. The van der Waals surface area contributed by atoms with Crippen LogP contribution in [-0.2, 0) is 6.42 Å². The first kappa shape index (κ1) is 16.4. The second-order valence-corrected chi connectivity index (χ2v) is 6.26. The van der Waals surface area contributed by atoms with E-state index in [1.807, 2.05) is 6.07 Å². The van der Waals surface area contributed by atoms with E-state index in [0.29, 0.717) is 30.2 Å². The summed E-state index contributed by atoms with van der Waals surface area (Å²) in [6.07, 6.45) is 8.19. The molecule has 1 unspecified atom stereocenters. The van der Waals surface area contributed by atoms with E-state index >= 15 is 0 Å². The number of amides is 1. The molecule has 3 aromatic rings. The van der Waals surface area contributed by atoms with E-state index in [2.05, 4.69) is 15.0 Å². The van der Waals surface area contributed by atoms with Gasteiger partial charge < -0.3 is 9.32 Å². The van der Waals surface area contributed by atoms with E-state index in [9.17, 15) is 9.18 Å². The third-order valence-electron chi connectivity index (χ3n) is 4.45. The highest BCUT2D eigenvalue weighted by Crippen LogP contribution is 2.33. The number of hydrogen-bond donors (Lipinski definition) is 0. The van der Waals surface area contributed by atoms with Crippen LogP contribution in [0.4, 0.5) is 4.39 Å². The lowest BCUT2D eigenvalue weighted by molar-refractivity contribution is 0.0713. The Hall–Kier alpha value is -3.09. The summed E-state index contributed by atoms with van der Waals surface area (Å²) in [4.78, 5) is 26.6. The average molecular weight is 352 g/mol. The van der Waals surface area contributed by atoms with Crippen molar-refractivity contribution in [1.29, 1.82) is 0 Å². The quantitative estimate of drug-likeness (QED) is 0.721. The van der Waals surface area contributed by atoms with Gasteiger partial charge in [0.1, 0.15) is 23.9 Å². The van der Waals surface area contributed by atoms with Gasteiger partial charge in [-0.2, -0.15) is 0 Å². The van der Waals surface area contributed by atoms with Crippen molar-refractivity contribution < 1.29 is 13.6 Å². The van der Waals surface area contributed by atoms with Crippen molar-refractivity contribution in [3.8, 4) is 0 Å². The molecule has 0 N–H and O–H groups in total. The first-order chi connectivity index (χ1) is 12.7. The lowest BCUT2D eigenvalue weighted by Gasteiger charge is -2.22. The van der Waals surface area contributed by atoms with E-state index in [1.165, 1.54) is 30.9 Å². The highest BCUT2D eigenvalue weighted by Gasteiger charge is 2.34. The predicted molar refractivity (Wildman–Crippen MR) is 90.8 cm³/mol. The van der Waals surface area contributed by atoms with Crippen molar-refractivity contribution in [2.24, 2.45) is 0 Å². The van der Waals surface area contributed by atoms with Crippen LogP contribution in [0.25, 0.3) is 0 Å². The molecule has 7 heteroatoms. The zero-order valence-corrected chi connectivity index (χ0v) is 14.0. The summed E-state index contributed by atoms with van der Waals surface area (Å²) in [5, 5.41) is 0. The summed E-state index contributed by atoms with van der Waals surface area (Å²) in [6, 6.07) is 6.19. The van der Waals surface area contributed by atoms with Gasteiger partial charge in [-0.15, -0.1) is 0 Å². The minimum absolute atomic E-state index is 0.127. The Balaban J connectivity index is 1.52. The zero-order chi connectivity index (χ0) is 17.9. The molecule has 1 fully saturated rings. The van der Waals surface area contributed by atoms with Gasteiger partial charge in [0, 0.05) is 25.4 Å². The number of carbonyl (C=O) groups is 1. The number of rotatable bonds is 4. The summed E-state index contributed by atoms with van der Waals surface area (Å²) in [7, 11) is 0. The summed E-state index contributed by atoms with van der Waals surface area (Å²) in [6.45, 7) is 0.639. The van der Waals surface area contributed by atoms with Gasteiger partial charge in [-0.25, -0.2) is 19.3 Å². The van der Waals surface area contributed by atoms with E-state index in [-0.39, 0.29) is 17.8 Å². The van der Waals surface area contributed by atoms with Gasteiger partial charge in [0.15, 0.2) is 0 Å². The number of aromatic nitrogens is 3. The molecule has 0 bridgehead atoms. The Morgan fingerprint density at radius 2 is 2.12 bits per heavy atom. The Morgan fingerprint density at radius 3 is 2.92 bits per heavy atom. The topological polar surface area (TPSA) is 72.1 Å². The molecule has 6 nitrogen and oxygen atoms in total. The van der Waals surface area contributed by atoms with Crippen LogP contribution >= 0.6 is 0 Å². The number of carbonyl (C=O) groups excluding carboxylic acids is 1. The minimum atomic E-state index is -0.278. The van der Waals surface area contributed by atoms with Crippen LogP contribution in [-0.4, -0.2) is 32.3 Å². The maximum Gasteiger partial charge on any atom is 0.257 e. The normalized spacial score (nSPS) is 16.8. The highest BCUT2D eigenvalue weighted by atomic mass is 19.1. The molecule has 1 amide bonds. The number of oxazole rings is 1. The molecular weight excluding hydrogens is 335 g/mol. The first-order valence-corrected chi connectivity index (χ1v) is 8.46. The molecule has 0 radical (unpaired) electrons. The molecule has 26 heavy (non-hydrogen) atoms. The van der Waals surface area contributed by atoms with Crippen molar-refractivity contribution >= 4 is 5.91 Å². The number of benzene rings is 1. The van der Waals surface area contributed by atoms with Crippen LogP contribution < -0.4 is 0 Å². The molecule has 3 heterocycles.